The van der Waals surface area contributed by atoms with Crippen LogP contribution in [-0.2, 0) is 0 Å². The minimum atomic E-state index is -0.449. The van der Waals surface area contributed by atoms with Gasteiger partial charge in [-0.15, -0.1) is 0 Å². The molecule has 6 atom stereocenters. The zero-order valence-electron chi connectivity index (χ0n) is 7.77. The van der Waals surface area contributed by atoms with Gasteiger partial charge in [0.05, 0.1) is 12.2 Å². The molecule has 0 amide bonds. The van der Waals surface area contributed by atoms with Crippen LogP contribution in [0.4, 0.5) is 0 Å². The van der Waals surface area contributed by atoms with Gasteiger partial charge in [0.1, 0.15) is 0 Å². The topological polar surface area (TPSA) is 40.5 Å². The monoisotopic (exact) mass is 170 g/mol. The summed E-state index contributed by atoms with van der Waals surface area (Å²) < 4.78 is 0. The molecular weight excluding hydrogens is 152 g/mol. The zero-order valence-corrected chi connectivity index (χ0v) is 7.77. The van der Waals surface area contributed by atoms with Crippen molar-refractivity contribution >= 4 is 0 Å². The maximum atomic E-state index is 9.71. The molecule has 0 aromatic rings. The average molecular weight is 170 g/mol. The van der Waals surface area contributed by atoms with Crippen LogP contribution in [0.15, 0.2) is 0 Å². The molecule has 2 fully saturated rings. The van der Waals surface area contributed by atoms with Gasteiger partial charge in [-0.2, -0.15) is 0 Å². The van der Waals surface area contributed by atoms with Gasteiger partial charge in [0.2, 0.25) is 0 Å². The van der Waals surface area contributed by atoms with E-state index in [-0.39, 0.29) is 0 Å². The summed E-state index contributed by atoms with van der Waals surface area (Å²) in [5, 5.41) is 19.4. The largest absolute Gasteiger partial charge is 0.390 e. The van der Waals surface area contributed by atoms with Gasteiger partial charge in [-0.05, 0) is 36.5 Å². The van der Waals surface area contributed by atoms with Crippen LogP contribution >= 0.6 is 0 Å². The molecule has 2 heteroatoms. The molecule has 2 aliphatic rings. The summed E-state index contributed by atoms with van der Waals surface area (Å²) in [6.45, 7) is 4.27. The van der Waals surface area contributed by atoms with Crippen LogP contribution in [0, 0.1) is 23.7 Å². The highest BCUT2D eigenvalue weighted by Gasteiger charge is 2.48. The van der Waals surface area contributed by atoms with E-state index in [4.69, 9.17) is 0 Å². The summed E-state index contributed by atoms with van der Waals surface area (Å²) in [4.78, 5) is 0. The van der Waals surface area contributed by atoms with Crippen molar-refractivity contribution in [3.8, 4) is 0 Å². The maximum absolute atomic E-state index is 9.71. The highest BCUT2D eigenvalue weighted by atomic mass is 16.3. The summed E-state index contributed by atoms with van der Waals surface area (Å²) in [6.07, 6.45) is 1.29. The normalized spacial score (nSPS) is 50.0. The summed E-state index contributed by atoms with van der Waals surface area (Å²) in [6, 6.07) is 0. The van der Waals surface area contributed by atoms with E-state index in [1.807, 2.05) is 0 Å². The standard InChI is InChI=1S/C10H18O2/c1-5-3-7(5)9(11)10(12)8-4-6(8)2/h5-12H,3-4H2,1-2H3/t5-,6-,7+,8+,9-,10-/m0/s1. The van der Waals surface area contributed by atoms with Crippen molar-refractivity contribution in [1.29, 1.82) is 0 Å². The lowest BCUT2D eigenvalue weighted by Gasteiger charge is -2.17. The van der Waals surface area contributed by atoms with E-state index in [1.165, 1.54) is 0 Å². The number of hydrogen-bond acceptors (Lipinski definition) is 2. The van der Waals surface area contributed by atoms with Crippen molar-refractivity contribution in [2.24, 2.45) is 23.7 Å². The lowest BCUT2D eigenvalue weighted by Crippen LogP contribution is -2.30. The highest BCUT2D eigenvalue weighted by Crippen LogP contribution is 2.47. The van der Waals surface area contributed by atoms with E-state index < -0.39 is 12.2 Å². The zero-order chi connectivity index (χ0) is 8.88. The molecule has 0 aliphatic heterocycles. The van der Waals surface area contributed by atoms with E-state index in [2.05, 4.69) is 13.8 Å². The minimum absolute atomic E-state index is 0.382. The van der Waals surface area contributed by atoms with Crippen LogP contribution in [0.3, 0.4) is 0 Å². The van der Waals surface area contributed by atoms with Crippen LogP contribution < -0.4 is 0 Å². The van der Waals surface area contributed by atoms with Crippen LogP contribution in [0.5, 0.6) is 0 Å². The fraction of sp³-hybridized carbons (Fsp3) is 1.00. The Morgan fingerprint density at radius 1 is 0.917 bits per heavy atom. The summed E-state index contributed by atoms with van der Waals surface area (Å²) in [5.74, 6) is 2.02. The van der Waals surface area contributed by atoms with E-state index in [9.17, 15) is 10.2 Å². The van der Waals surface area contributed by atoms with Crippen LogP contribution in [0.2, 0.25) is 0 Å². The molecule has 0 unspecified atom stereocenters. The second kappa shape index (κ2) is 2.71. The minimum Gasteiger partial charge on any atom is -0.390 e. The van der Waals surface area contributed by atoms with Crippen molar-refractivity contribution in [1.82, 2.24) is 0 Å². The number of aliphatic hydroxyl groups excluding tert-OH is 2. The fourth-order valence-corrected chi connectivity index (χ4v) is 2.16. The third kappa shape index (κ3) is 1.38. The molecule has 0 radical (unpaired) electrons. The number of rotatable bonds is 3. The predicted molar refractivity (Wildman–Crippen MR) is 46.6 cm³/mol. The van der Waals surface area contributed by atoms with Crippen molar-refractivity contribution in [3.05, 3.63) is 0 Å². The molecule has 2 saturated carbocycles. The quantitative estimate of drug-likeness (QED) is 0.664. The molecule has 2 nitrogen and oxygen atoms in total. The van der Waals surface area contributed by atoms with Crippen molar-refractivity contribution in [2.45, 2.75) is 38.9 Å². The molecule has 0 aromatic carbocycles. The molecule has 2 rings (SSSR count). The Morgan fingerprint density at radius 2 is 1.17 bits per heavy atom. The first-order chi connectivity index (χ1) is 5.61. The third-order valence-electron chi connectivity index (χ3n) is 3.57. The molecule has 2 aliphatic carbocycles. The second-order valence-corrected chi connectivity index (χ2v) is 4.73. The SMILES string of the molecule is C[C@H]1C[C@H]1[C@H](O)[C@@H](O)[C@@H]1C[C@@H]1C. The molecule has 2 N–H and O–H groups in total. The molecule has 0 aromatic heterocycles. The molecule has 12 heavy (non-hydrogen) atoms. The third-order valence-corrected chi connectivity index (χ3v) is 3.57. The Kier molecular flexibility index (Phi) is 1.92. The summed E-state index contributed by atoms with van der Waals surface area (Å²) in [5.41, 5.74) is 0. The molecule has 0 heterocycles. The lowest BCUT2D eigenvalue weighted by molar-refractivity contribution is -0.0115. The Bertz CT molecular complexity index is 161. The first kappa shape index (κ1) is 8.52. The Hall–Kier alpha value is -0.0800. The van der Waals surface area contributed by atoms with Gasteiger partial charge in [0.25, 0.3) is 0 Å². The van der Waals surface area contributed by atoms with Gasteiger partial charge >= 0.3 is 0 Å². The number of hydrogen-bond donors (Lipinski definition) is 2. The van der Waals surface area contributed by atoms with Gasteiger partial charge in [-0.3, -0.25) is 0 Å². The fourth-order valence-electron chi connectivity index (χ4n) is 2.16. The smallest absolute Gasteiger partial charge is 0.0832 e. The van der Waals surface area contributed by atoms with E-state index >= 15 is 0 Å². The Balaban J connectivity index is 1.83. The maximum Gasteiger partial charge on any atom is 0.0832 e. The van der Waals surface area contributed by atoms with Crippen LogP contribution in [-0.4, -0.2) is 22.4 Å². The van der Waals surface area contributed by atoms with E-state index in [0.29, 0.717) is 23.7 Å². The van der Waals surface area contributed by atoms with Gasteiger partial charge < -0.3 is 10.2 Å². The predicted octanol–water partition coefficient (Wildman–Crippen LogP) is 1.02. The summed E-state index contributed by atoms with van der Waals surface area (Å²) >= 11 is 0. The molecule has 0 bridgehead atoms. The average Bonchev–Trinajstić information content (AvgIpc) is 2.88. The van der Waals surface area contributed by atoms with E-state index in [0.717, 1.165) is 12.8 Å². The molecular formula is C10H18O2. The first-order valence-corrected chi connectivity index (χ1v) is 4.97. The lowest BCUT2D eigenvalue weighted by atomic mass is 10.0. The van der Waals surface area contributed by atoms with Gasteiger partial charge in [0.15, 0.2) is 0 Å². The van der Waals surface area contributed by atoms with Crippen molar-refractivity contribution in [2.75, 3.05) is 0 Å². The first-order valence-electron chi connectivity index (χ1n) is 4.97. The van der Waals surface area contributed by atoms with Crippen LogP contribution in [0.25, 0.3) is 0 Å². The van der Waals surface area contributed by atoms with Crippen molar-refractivity contribution in [3.63, 3.8) is 0 Å². The Labute approximate surface area is 73.6 Å². The van der Waals surface area contributed by atoms with Gasteiger partial charge in [0, 0.05) is 0 Å². The summed E-state index contributed by atoms with van der Waals surface area (Å²) in [7, 11) is 0. The van der Waals surface area contributed by atoms with Gasteiger partial charge in [-0.1, -0.05) is 13.8 Å². The highest BCUT2D eigenvalue weighted by molar-refractivity contribution is 4.98. The molecule has 0 spiro atoms. The van der Waals surface area contributed by atoms with Crippen LogP contribution in [0.1, 0.15) is 26.7 Å². The van der Waals surface area contributed by atoms with E-state index in [1.54, 1.807) is 0 Å². The van der Waals surface area contributed by atoms with Gasteiger partial charge in [-0.25, -0.2) is 0 Å². The molecule has 70 valence electrons. The molecule has 0 saturated heterocycles. The number of aliphatic hydroxyl groups is 2. The van der Waals surface area contributed by atoms with Crippen molar-refractivity contribution < 1.29 is 10.2 Å². The second-order valence-electron chi connectivity index (χ2n) is 4.73. The Morgan fingerprint density at radius 3 is 1.33 bits per heavy atom.